The molecule has 2 aromatic rings. The Labute approximate surface area is 186 Å². The lowest BCUT2D eigenvalue weighted by Crippen LogP contribution is -2.34. The molecule has 0 unspecified atom stereocenters. The van der Waals surface area contributed by atoms with Gasteiger partial charge in [-0.05, 0) is 50.8 Å². The largest absolute Gasteiger partial charge is 0.372 e. The Morgan fingerprint density at radius 2 is 1.69 bits per heavy atom. The lowest BCUT2D eigenvalue weighted by Gasteiger charge is -2.23. The number of carbonyl (C=O) groups excluding carboxylic acids is 2. The number of H-pyrrole nitrogens is 2. The van der Waals surface area contributed by atoms with Crippen LogP contribution in [0.25, 0.3) is 10.8 Å². The fourth-order valence-corrected chi connectivity index (χ4v) is 4.17. The van der Waals surface area contributed by atoms with Crippen LogP contribution in [0.5, 0.6) is 0 Å². The van der Waals surface area contributed by atoms with Crippen LogP contribution in [0.15, 0.2) is 27.8 Å². The highest BCUT2D eigenvalue weighted by Gasteiger charge is 2.17. The lowest BCUT2D eigenvalue weighted by atomic mass is 10.1. The number of anilines is 1. The van der Waals surface area contributed by atoms with Crippen LogP contribution in [0.2, 0.25) is 0 Å². The number of unbranched alkanes of at least 4 members (excludes halogenated alkanes) is 1. The standard InChI is InChI=1S/C23H33N5O4/c1-2-28(17-9-10-18-19(15-17)23(32)27-26-22(18)31)14-6-5-13-24-20(29)11-12-21(30)25-16-7-3-4-8-16/h9-10,15-16H,2-8,11-14H2,1H3,(H,24,29)(H,25,30)(H,26,31)(H,27,32). The Balaban J connectivity index is 1.38. The summed E-state index contributed by atoms with van der Waals surface area (Å²) in [5, 5.41) is 11.3. The minimum Gasteiger partial charge on any atom is -0.372 e. The summed E-state index contributed by atoms with van der Waals surface area (Å²) in [5.41, 5.74) is 0.242. The molecule has 1 aromatic carbocycles. The van der Waals surface area contributed by atoms with E-state index in [1.165, 1.54) is 12.8 Å². The number of nitrogens with one attached hydrogen (secondary N) is 4. The third-order valence-electron chi connectivity index (χ3n) is 6.01. The number of amides is 2. The molecule has 1 fully saturated rings. The summed E-state index contributed by atoms with van der Waals surface area (Å²) in [6, 6.07) is 5.54. The van der Waals surface area contributed by atoms with Crippen LogP contribution in [-0.2, 0) is 9.59 Å². The number of benzene rings is 1. The predicted octanol–water partition coefficient (Wildman–Crippen LogP) is 1.78. The van der Waals surface area contributed by atoms with Crippen LogP contribution in [-0.4, -0.2) is 47.7 Å². The van der Waals surface area contributed by atoms with E-state index >= 15 is 0 Å². The van der Waals surface area contributed by atoms with Crippen molar-refractivity contribution < 1.29 is 9.59 Å². The number of aromatic nitrogens is 2. The molecule has 0 spiro atoms. The van der Waals surface area contributed by atoms with Crippen molar-refractivity contribution in [2.24, 2.45) is 0 Å². The second kappa shape index (κ2) is 11.5. The lowest BCUT2D eigenvalue weighted by molar-refractivity contribution is -0.126. The van der Waals surface area contributed by atoms with E-state index in [0.29, 0.717) is 17.3 Å². The van der Waals surface area contributed by atoms with Crippen molar-refractivity contribution in [1.29, 1.82) is 0 Å². The SMILES string of the molecule is CCN(CCCCNC(=O)CCC(=O)NC1CCCC1)c1ccc2c(=O)[nH][nH]c(=O)c2c1. The van der Waals surface area contributed by atoms with Gasteiger partial charge in [-0.2, -0.15) is 0 Å². The minimum atomic E-state index is -0.322. The molecule has 3 rings (SSSR count). The molecule has 174 valence electrons. The van der Waals surface area contributed by atoms with E-state index in [1.54, 1.807) is 12.1 Å². The topological polar surface area (TPSA) is 127 Å². The molecular formula is C23H33N5O4. The number of hydrogen-bond donors (Lipinski definition) is 4. The smallest absolute Gasteiger partial charge is 0.270 e. The normalized spacial score (nSPS) is 13.9. The Hall–Kier alpha value is -3.10. The molecule has 1 saturated carbocycles. The highest BCUT2D eigenvalue weighted by Crippen LogP contribution is 2.19. The van der Waals surface area contributed by atoms with Crippen LogP contribution in [0.4, 0.5) is 5.69 Å². The van der Waals surface area contributed by atoms with Gasteiger partial charge in [-0.3, -0.25) is 29.4 Å². The van der Waals surface area contributed by atoms with Gasteiger partial charge in [0.15, 0.2) is 0 Å². The van der Waals surface area contributed by atoms with Crippen LogP contribution in [0, 0.1) is 0 Å². The van der Waals surface area contributed by atoms with Crippen molar-refractivity contribution in [2.75, 3.05) is 24.5 Å². The van der Waals surface area contributed by atoms with Gasteiger partial charge in [-0.25, -0.2) is 0 Å². The predicted molar refractivity (Wildman–Crippen MR) is 125 cm³/mol. The fraction of sp³-hybridized carbons (Fsp3) is 0.565. The second-order valence-corrected chi connectivity index (χ2v) is 8.32. The zero-order valence-electron chi connectivity index (χ0n) is 18.7. The maximum absolute atomic E-state index is 12.0. The van der Waals surface area contributed by atoms with E-state index < -0.39 is 0 Å². The third kappa shape index (κ3) is 6.45. The van der Waals surface area contributed by atoms with Crippen molar-refractivity contribution in [1.82, 2.24) is 20.8 Å². The average molecular weight is 444 g/mol. The zero-order valence-corrected chi connectivity index (χ0v) is 18.7. The maximum Gasteiger partial charge on any atom is 0.270 e. The summed E-state index contributed by atoms with van der Waals surface area (Å²) in [7, 11) is 0. The Morgan fingerprint density at radius 3 is 2.41 bits per heavy atom. The highest BCUT2D eigenvalue weighted by atomic mass is 16.2. The molecule has 1 aliphatic rings. The fourth-order valence-electron chi connectivity index (χ4n) is 4.17. The number of rotatable bonds is 11. The maximum atomic E-state index is 12.0. The summed E-state index contributed by atoms with van der Waals surface area (Å²) in [5.74, 6) is -0.139. The first-order chi connectivity index (χ1) is 15.5. The molecule has 9 nitrogen and oxygen atoms in total. The van der Waals surface area contributed by atoms with Crippen molar-refractivity contribution in [3.8, 4) is 0 Å². The van der Waals surface area contributed by atoms with E-state index in [-0.39, 0.29) is 41.8 Å². The van der Waals surface area contributed by atoms with Gasteiger partial charge in [0.25, 0.3) is 11.1 Å². The molecular weight excluding hydrogens is 410 g/mol. The van der Waals surface area contributed by atoms with Gasteiger partial charge >= 0.3 is 0 Å². The number of fused-ring (bicyclic) bond motifs is 1. The zero-order chi connectivity index (χ0) is 22.9. The van der Waals surface area contributed by atoms with Crippen LogP contribution < -0.4 is 26.7 Å². The van der Waals surface area contributed by atoms with Crippen LogP contribution >= 0.6 is 0 Å². The third-order valence-corrected chi connectivity index (χ3v) is 6.01. The molecule has 32 heavy (non-hydrogen) atoms. The molecule has 1 aromatic heterocycles. The average Bonchev–Trinajstić information content (AvgIpc) is 3.30. The summed E-state index contributed by atoms with van der Waals surface area (Å²) in [6.07, 6.45) is 6.53. The van der Waals surface area contributed by atoms with E-state index in [9.17, 15) is 19.2 Å². The molecule has 0 saturated heterocycles. The van der Waals surface area contributed by atoms with Gasteiger partial charge in [0.2, 0.25) is 11.8 Å². The first-order valence-corrected chi connectivity index (χ1v) is 11.5. The summed E-state index contributed by atoms with van der Waals surface area (Å²) in [6.45, 7) is 4.12. The Bertz CT molecular complexity index is 1040. The van der Waals surface area contributed by atoms with E-state index in [4.69, 9.17) is 0 Å². The number of aromatic amines is 2. The van der Waals surface area contributed by atoms with Crippen LogP contribution in [0.3, 0.4) is 0 Å². The number of hydrogen-bond acceptors (Lipinski definition) is 5. The van der Waals surface area contributed by atoms with Gasteiger partial charge in [-0.1, -0.05) is 12.8 Å². The Kier molecular flexibility index (Phi) is 8.47. The molecule has 9 heteroatoms. The summed E-state index contributed by atoms with van der Waals surface area (Å²) < 4.78 is 0. The molecule has 1 heterocycles. The quantitative estimate of drug-likeness (QED) is 0.394. The van der Waals surface area contributed by atoms with Crippen LogP contribution in [0.1, 0.15) is 58.3 Å². The molecule has 4 N–H and O–H groups in total. The molecule has 0 bridgehead atoms. The molecule has 0 aliphatic heterocycles. The first kappa shape index (κ1) is 23.6. The van der Waals surface area contributed by atoms with Gasteiger partial charge < -0.3 is 15.5 Å². The summed E-state index contributed by atoms with van der Waals surface area (Å²) >= 11 is 0. The molecule has 2 amide bonds. The second-order valence-electron chi connectivity index (χ2n) is 8.32. The van der Waals surface area contributed by atoms with Crippen molar-refractivity contribution in [3.63, 3.8) is 0 Å². The number of nitrogens with zero attached hydrogens (tertiary/aromatic N) is 1. The van der Waals surface area contributed by atoms with E-state index in [2.05, 4.69) is 25.7 Å². The van der Waals surface area contributed by atoms with Gasteiger partial charge in [0, 0.05) is 44.2 Å². The monoisotopic (exact) mass is 443 g/mol. The van der Waals surface area contributed by atoms with Gasteiger partial charge in [0.1, 0.15) is 0 Å². The minimum absolute atomic E-state index is 0.0400. The van der Waals surface area contributed by atoms with Crippen molar-refractivity contribution in [3.05, 3.63) is 38.9 Å². The van der Waals surface area contributed by atoms with Gasteiger partial charge in [-0.15, -0.1) is 0 Å². The van der Waals surface area contributed by atoms with E-state index in [1.807, 2.05) is 13.0 Å². The van der Waals surface area contributed by atoms with E-state index in [0.717, 1.165) is 44.5 Å². The van der Waals surface area contributed by atoms with Gasteiger partial charge in [0.05, 0.1) is 10.8 Å². The number of carbonyl (C=O) groups is 2. The highest BCUT2D eigenvalue weighted by molar-refractivity contribution is 5.84. The summed E-state index contributed by atoms with van der Waals surface area (Å²) in [4.78, 5) is 49.9. The Morgan fingerprint density at radius 1 is 1.00 bits per heavy atom. The molecule has 0 radical (unpaired) electrons. The first-order valence-electron chi connectivity index (χ1n) is 11.5. The molecule has 1 aliphatic carbocycles. The van der Waals surface area contributed by atoms with Crippen molar-refractivity contribution >= 4 is 28.3 Å². The molecule has 0 atom stereocenters. The van der Waals surface area contributed by atoms with Crippen molar-refractivity contribution in [2.45, 2.75) is 64.3 Å².